The summed E-state index contributed by atoms with van der Waals surface area (Å²) in [6.45, 7) is 4.27. The van der Waals surface area contributed by atoms with Gasteiger partial charge >= 0.3 is 0 Å². The zero-order chi connectivity index (χ0) is 18.2. The number of benzene rings is 1. The van der Waals surface area contributed by atoms with Crippen molar-refractivity contribution in [2.75, 3.05) is 40.0 Å². The summed E-state index contributed by atoms with van der Waals surface area (Å²) < 4.78 is 25.6. The molecule has 0 fully saturated rings. The Balaban J connectivity index is 0.00000576. The van der Waals surface area contributed by atoms with Crippen LogP contribution >= 0.6 is 39.9 Å². The molecule has 0 atom stereocenters. The molecular weight excluding hydrogens is 519 g/mol. The minimum atomic E-state index is -3.12. The van der Waals surface area contributed by atoms with E-state index in [4.69, 9.17) is 0 Å². The van der Waals surface area contributed by atoms with Gasteiger partial charge in [-0.15, -0.1) is 24.0 Å². The highest BCUT2D eigenvalue weighted by atomic mass is 127. The maximum Gasteiger partial charge on any atom is 0.211 e. The molecule has 0 amide bonds. The van der Waals surface area contributed by atoms with E-state index in [1.54, 1.807) is 7.05 Å². The summed E-state index contributed by atoms with van der Waals surface area (Å²) >= 11 is 3.43. The number of halogens is 2. The molecule has 1 N–H and O–H groups in total. The summed E-state index contributed by atoms with van der Waals surface area (Å²) in [7, 11) is 0.603. The molecule has 144 valence electrons. The molecule has 0 unspecified atom stereocenters. The van der Waals surface area contributed by atoms with E-state index in [0.717, 1.165) is 23.4 Å². The van der Waals surface area contributed by atoms with Crippen LogP contribution in [0.5, 0.6) is 0 Å². The highest BCUT2D eigenvalue weighted by Gasteiger charge is 2.13. The van der Waals surface area contributed by atoms with E-state index in [1.807, 2.05) is 31.0 Å². The van der Waals surface area contributed by atoms with Crippen LogP contribution in [0.1, 0.15) is 18.9 Å². The fourth-order valence-corrected chi connectivity index (χ4v) is 3.53. The Morgan fingerprint density at radius 2 is 1.88 bits per heavy atom. The monoisotopic (exact) mass is 546 g/mol. The van der Waals surface area contributed by atoms with Crippen LogP contribution < -0.4 is 5.32 Å². The molecule has 0 saturated heterocycles. The summed E-state index contributed by atoms with van der Waals surface area (Å²) in [5.74, 6) is 0.792. The van der Waals surface area contributed by atoms with E-state index in [-0.39, 0.29) is 24.0 Å². The van der Waals surface area contributed by atoms with Crippen molar-refractivity contribution in [3.8, 4) is 0 Å². The van der Waals surface area contributed by atoms with Gasteiger partial charge in [0.15, 0.2) is 5.96 Å². The smallest absolute Gasteiger partial charge is 0.211 e. The highest BCUT2D eigenvalue weighted by Crippen LogP contribution is 2.11. The van der Waals surface area contributed by atoms with Gasteiger partial charge in [-0.3, -0.25) is 4.99 Å². The molecule has 0 radical (unpaired) electrons. The van der Waals surface area contributed by atoms with Crippen molar-refractivity contribution in [3.05, 3.63) is 34.3 Å². The minimum Gasteiger partial charge on any atom is -0.356 e. The number of nitrogens with one attached hydrogen (secondary N) is 1. The van der Waals surface area contributed by atoms with Crippen molar-refractivity contribution in [1.29, 1.82) is 0 Å². The zero-order valence-electron chi connectivity index (χ0n) is 15.2. The SMILES string of the molecule is CCN(CCCNC(=NC)N(C)Cc1ccc(Br)cc1)S(C)(=O)=O.I. The van der Waals surface area contributed by atoms with Crippen molar-refractivity contribution in [3.63, 3.8) is 0 Å². The third-order valence-electron chi connectivity index (χ3n) is 3.60. The standard InChI is InChI=1S/C16H27BrN4O2S.HI/c1-5-21(24(4,22)23)12-6-11-19-16(18-2)20(3)13-14-7-9-15(17)10-8-14;/h7-10H,5-6,11-13H2,1-4H3,(H,18,19);1H. The van der Waals surface area contributed by atoms with Gasteiger partial charge in [0.25, 0.3) is 0 Å². The van der Waals surface area contributed by atoms with E-state index in [2.05, 4.69) is 38.4 Å². The molecule has 1 rings (SSSR count). The molecule has 0 aliphatic rings. The predicted octanol–water partition coefficient (Wildman–Crippen LogP) is 2.75. The third-order valence-corrected chi connectivity index (χ3v) is 5.50. The summed E-state index contributed by atoms with van der Waals surface area (Å²) in [5.41, 5.74) is 1.19. The lowest BCUT2D eigenvalue weighted by Crippen LogP contribution is -2.40. The fourth-order valence-electron chi connectivity index (χ4n) is 2.34. The van der Waals surface area contributed by atoms with E-state index in [9.17, 15) is 8.42 Å². The number of aliphatic imine (C=N–C) groups is 1. The van der Waals surface area contributed by atoms with Gasteiger partial charge in [-0.1, -0.05) is 35.0 Å². The Bertz CT molecular complexity index is 638. The molecule has 6 nitrogen and oxygen atoms in total. The lowest BCUT2D eigenvalue weighted by molar-refractivity contribution is 0.419. The first-order valence-corrected chi connectivity index (χ1v) is 10.5. The van der Waals surface area contributed by atoms with Crippen molar-refractivity contribution in [1.82, 2.24) is 14.5 Å². The average molecular weight is 547 g/mol. The summed E-state index contributed by atoms with van der Waals surface area (Å²) in [5, 5.41) is 3.28. The highest BCUT2D eigenvalue weighted by molar-refractivity contribution is 14.0. The summed E-state index contributed by atoms with van der Waals surface area (Å²) in [4.78, 5) is 6.32. The largest absolute Gasteiger partial charge is 0.356 e. The number of nitrogens with zero attached hydrogens (tertiary/aromatic N) is 3. The number of sulfonamides is 1. The van der Waals surface area contributed by atoms with Crippen molar-refractivity contribution in [2.45, 2.75) is 19.9 Å². The van der Waals surface area contributed by atoms with Crippen molar-refractivity contribution in [2.24, 2.45) is 4.99 Å². The molecule has 0 heterocycles. The van der Waals surface area contributed by atoms with Crippen LogP contribution in [0.2, 0.25) is 0 Å². The second-order valence-electron chi connectivity index (χ2n) is 5.56. The molecule has 0 saturated carbocycles. The van der Waals surface area contributed by atoms with Crippen molar-refractivity contribution < 1.29 is 8.42 Å². The molecule has 0 spiro atoms. The van der Waals surface area contributed by atoms with Gasteiger partial charge in [0.1, 0.15) is 0 Å². The van der Waals surface area contributed by atoms with E-state index in [0.29, 0.717) is 19.6 Å². The first-order valence-electron chi connectivity index (χ1n) is 7.89. The van der Waals surface area contributed by atoms with Gasteiger partial charge in [-0.2, -0.15) is 0 Å². The quantitative estimate of drug-likeness (QED) is 0.236. The molecule has 0 bridgehead atoms. The zero-order valence-corrected chi connectivity index (χ0v) is 19.9. The van der Waals surface area contributed by atoms with Crippen LogP contribution in [0.3, 0.4) is 0 Å². The van der Waals surface area contributed by atoms with Crippen molar-refractivity contribution >= 4 is 55.9 Å². The third kappa shape index (κ3) is 9.20. The van der Waals surface area contributed by atoms with Gasteiger partial charge in [0, 0.05) is 44.7 Å². The van der Waals surface area contributed by atoms with Crippen LogP contribution in [-0.4, -0.2) is 63.6 Å². The summed E-state index contributed by atoms with van der Waals surface area (Å²) in [6.07, 6.45) is 1.97. The number of guanidine groups is 1. The van der Waals surface area contributed by atoms with Gasteiger partial charge in [0.2, 0.25) is 10.0 Å². The molecular formula is C16H28BrIN4O2S. The lowest BCUT2D eigenvalue weighted by atomic mass is 10.2. The molecule has 0 aliphatic heterocycles. The van der Waals surface area contributed by atoms with Gasteiger partial charge in [0.05, 0.1) is 6.26 Å². The molecule has 1 aromatic rings. The van der Waals surface area contributed by atoms with Crippen LogP contribution in [0.15, 0.2) is 33.7 Å². The molecule has 25 heavy (non-hydrogen) atoms. The minimum absolute atomic E-state index is 0. The van der Waals surface area contributed by atoms with E-state index < -0.39 is 10.0 Å². The average Bonchev–Trinajstić information content (AvgIpc) is 2.51. The Morgan fingerprint density at radius 1 is 1.28 bits per heavy atom. The van der Waals surface area contributed by atoms with Crippen LogP contribution in [0.25, 0.3) is 0 Å². The van der Waals surface area contributed by atoms with Crippen LogP contribution in [0, 0.1) is 0 Å². The lowest BCUT2D eigenvalue weighted by Gasteiger charge is -2.23. The Hall–Kier alpha value is -0.390. The normalized spacial score (nSPS) is 12.0. The second-order valence-corrected chi connectivity index (χ2v) is 8.46. The van der Waals surface area contributed by atoms with E-state index in [1.165, 1.54) is 16.1 Å². The number of rotatable bonds is 8. The second kappa shape index (κ2) is 12.1. The summed E-state index contributed by atoms with van der Waals surface area (Å²) in [6, 6.07) is 8.17. The van der Waals surface area contributed by atoms with Crippen LogP contribution in [-0.2, 0) is 16.6 Å². The molecule has 0 aliphatic carbocycles. The Labute approximate surface area is 177 Å². The molecule has 0 aromatic heterocycles. The Kier molecular flexibility index (Phi) is 11.9. The van der Waals surface area contributed by atoms with Gasteiger partial charge < -0.3 is 10.2 Å². The molecule has 1 aromatic carbocycles. The van der Waals surface area contributed by atoms with Crippen LogP contribution in [0.4, 0.5) is 0 Å². The maximum atomic E-state index is 11.6. The van der Waals surface area contributed by atoms with Gasteiger partial charge in [-0.05, 0) is 24.1 Å². The predicted molar refractivity (Wildman–Crippen MR) is 119 cm³/mol. The maximum absolute atomic E-state index is 11.6. The first-order chi connectivity index (χ1) is 11.3. The number of hydrogen-bond acceptors (Lipinski definition) is 3. The molecule has 9 heteroatoms. The van der Waals surface area contributed by atoms with Gasteiger partial charge in [-0.25, -0.2) is 12.7 Å². The number of hydrogen-bond donors (Lipinski definition) is 1. The van der Waals surface area contributed by atoms with E-state index >= 15 is 0 Å². The first kappa shape index (κ1) is 24.6. The Morgan fingerprint density at radius 3 is 2.36 bits per heavy atom. The topological polar surface area (TPSA) is 65.0 Å². The fraction of sp³-hybridized carbons (Fsp3) is 0.562.